The lowest BCUT2D eigenvalue weighted by Gasteiger charge is -2.28. The highest BCUT2D eigenvalue weighted by atomic mass is 16.6. The second kappa shape index (κ2) is 10.1. The molecule has 0 saturated heterocycles. The van der Waals surface area contributed by atoms with Crippen LogP contribution in [0.15, 0.2) is 29.2 Å². The molecule has 0 aliphatic heterocycles. The number of carbonyl (C=O) groups is 2. The number of alkyl carbamates (subject to hydrolysis) is 1. The number of hydrogen-bond acceptors (Lipinski definition) is 8. The fourth-order valence-electron chi connectivity index (χ4n) is 3.22. The first-order valence-corrected chi connectivity index (χ1v) is 11.0. The summed E-state index contributed by atoms with van der Waals surface area (Å²) in [7, 11) is 1.51. The molecular formula is C24H32N2O7. The van der Waals surface area contributed by atoms with Gasteiger partial charge in [-0.1, -0.05) is 13.8 Å². The minimum absolute atomic E-state index is 0.00577. The summed E-state index contributed by atoms with van der Waals surface area (Å²) in [6, 6.07) is 2.94. The quantitative estimate of drug-likeness (QED) is 0.415. The number of amides is 1. The van der Waals surface area contributed by atoms with Crippen molar-refractivity contribution in [1.29, 1.82) is 0 Å². The third-order valence-electron chi connectivity index (χ3n) is 4.99. The van der Waals surface area contributed by atoms with Crippen LogP contribution in [0, 0.1) is 11.8 Å². The number of esters is 1. The average molecular weight is 461 g/mol. The molecule has 9 nitrogen and oxygen atoms in total. The highest BCUT2D eigenvalue weighted by Gasteiger charge is 2.30. The molecule has 1 atom stereocenters. The van der Waals surface area contributed by atoms with E-state index in [0.717, 1.165) is 19.2 Å². The maximum Gasteiger partial charge on any atom is 0.408 e. The van der Waals surface area contributed by atoms with E-state index in [1.165, 1.54) is 13.4 Å². The van der Waals surface area contributed by atoms with E-state index in [-0.39, 0.29) is 17.4 Å². The van der Waals surface area contributed by atoms with Crippen molar-refractivity contribution >= 4 is 12.1 Å². The van der Waals surface area contributed by atoms with Gasteiger partial charge < -0.3 is 28.7 Å². The summed E-state index contributed by atoms with van der Waals surface area (Å²) in [5.74, 6) is 0.668. The Morgan fingerprint density at radius 3 is 2.48 bits per heavy atom. The van der Waals surface area contributed by atoms with Crippen LogP contribution in [0.2, 0.25) is 0 Å². The number of methoxy groups -OCH3 is 1. The monoisotopic (exact) mass is 460 g/mol. The standard InChI is InChI=1S/C24H32N2O7/c1-14(2)19(26-23(28)33-24(3,4)5)16-9-10-18(32-22(27)17-12-30-13-25-17)21(20(16)29-6)31-11-15-7-8-15/h9-10,12-15,19H,7-8,11H2,1-6H3,(H,26,28)/t19-/m0/s1. The van der Waals surface area contributed by atoms with Crippen LogP contribution in [0.3, 0.4) is 0 Å². The van der Waals surface area contributed by atoms with Gasteiger partial charge in [-0.25, -0.2) is 14.6 Å². The van der Waals surface area contributed by atoms with Crippen molar-refractivity contribution in [2.45, 2.75) is 59.1 Å². The molecule has 1 heterocycles. The molecule has 3 rings (SSSR count). The van der Waals surface area contributed by atoms with Gasteiger partial charge in [0.25, 0.3) is 0 Å². The molecule has 180 valence electrons. The van der Waals surface area contributed by atoms with Crippen molar-refractivity contribution in [1.82, 2.24) is 10.3 Å². The summed E-state index contributed by atoms with van der Waals surface area (Å²) in [5.41, 5.74) is 0.0937. The Labute approximate surface area is 193 Å². The van der Waals surface area contributed by atoms with E-state index in [4.69, 9.17) is 23.4 Å². The summed E-state index contributed by atoms with van der Waals surface area (Å²) in [4.78, 5) is 28.8. The first kappa shape index (κ1) is 24.4. The van der Waals surface area contributed by atoms with Crippen LogP contribution >= 0.6 is 0 Å². The summed E-state index contributed by atoms with van der Waals surface area (Å²) in [5, 5.41) is 2.92. The van der Waals surface area contributed by atoms with Gasteiger partial charge in [0.05, 0.1) is 19.8 Å². The van der Waals surface area contributed by atoms with E-state index in [9.17, 15) is 9.59 Å². The van der Waals surface area contributed by atoms with Gasteiger partial charge in [0.1, 0.15) is 11.9 Å². The zero-order valence-corrected chi connectivity index (χ0v) is 20.0. The number of nitrogens with zero attached hydrogens (tertiary/aromatic N) is 1. The number of ether oxygens (including phenoxy) is 4. The molecule has 1 amide bonds. The first-order chi connectivity index (χ1) is 15.6. The van der Waals surface area contributed by atoms with Crippen LogP contribution in [0.1, 0.15) is 69.6 Å². The Balaban J connectivity index is 1.95. The van der Waals surface area contributed by atoms with Crippen molar-refractivity contribution in [2.24, 2.45) is 11.8 Å². The van der Waals surface area contributed by atoms with Gasteiger partial charge in [-0.15, -0.1) is 0 Å². The minimum atomic E-state index is -0.679. The second-order valence-electron chi connectivity index (χ2n) is 9.40. The summed E-state index contributed by atoms with van der Waals surface area (Å²) < 4.78 is 27.6. The lowest BCUT2D eigenvalue weighted by atomic mass is 9.94. The fourth-order valence-corrected chi connectivity index (χ4v) is 3.22. The number of rotatable bonds is 9. The molecule has 1 aliphatic rings. The van der Waals surface area contributed by atoms with E-state index in [1.54, 1.807) is 32.9 Å². The largest absolute Gasteiger partial charge is 0.492 e. The van der Waals surface area contributed by atoms with Crippen molar-refractivity contribution in [3.8, 4) is 17.2 Å². The molecule has 9 heteroatoms. The third kappa shape index (κ3) is 6.63. The third-order valence-corrected chi connectivity index (χ3v) is 4.99. The van der Waals surface area contributed by atoms with Gasteiger partial charge in [0, 0.05) is 5.56 Å². The van der Waals surface area contributed by atoms with E-state index < -0.39 is 23.7 Å². The first-order valence-electron chi connectivity index (χ1n) is 11.0. The lowest BCUT2D eigenvalue weighted by molar-refractivity contribution is 0.0488. The highest BCUT2D eigenvalue weighted by molar-refractivity contribution is 5.89. The minimum Gasteiger partial charge on any atom is -0.492 e. The number of benzene rings is 1. The Morgan fingerprint density at radius 2 is 1.94 bits per heavy atom. The molecule has 1 aromatic carbocycles. The van der Waals surface area contributed by atoms with E-state index in [1.807, 2.05) is 13.8 Å². The van der Waals surface area contributed by atoms with Crippen molar-refractivity contribution < 1.29 is 33.0 Å². The van der Waals surface area contributed by atoms with Crippen LogP contribution in [-0.4, -0.2) is 36.4 Å². The zero-order chi connectivity index (χ0) is 24.2. The molecule has 1 saturated carbocycles. The topological polar surface area (TPSA) is 109 Å². The molecular weight excluding hydrogens is 428 g/mol. The molecule has 0 unspecified atom stereocenters. The number of carbonyl (C=O) groups excluding carboxylic acids is 2. The Morgan fingerprint density at radius 1 is 1.21 bits per heavy atom. The van der Waals surface area contributed by atoms with Crippen LogP contribution in [-0.2, 0) is 4.74 Å². The summed E-state index contributed by atoms with van der Waals surface area (Å²) in [6.45, 7) is 9.84. The maximum atomic E-state index is 12.5. The normalized spacial score (nSPS) is 14.5. The van der Waals surface area contributed by atoms with Crippen LogP contribution in [0.4, 0.5) is 4.79 Å². The molecule has 1 aromatic heterocycles. The number of nitrogens with one attached hydrogen (secondary N) is 1. The molecule has 1 fully saturated rings. The predicted molar refractivity (Wildman–Crippen MR) is 120 cm³/mol. The maximum absolute atomic E-state index is 12.5. The Hall–Kier alpha value is -3.23. The number of hydrogen-bond donors (Lipinski definition) is 1. The van der Waals surface area contributed by atoms with Crippen molar-refractivity contribution in [3.63, 3.8) is 0 Å². The van der Waals surface area contributed by atoms with Gasteiger partial charge in [-0.05, 0) is 57.6 Å². The average Bonchev–Trinajstić information content (AvgIpc) is 3.39. The van der Waals surface area contributed by atoms with Crippen LogP contribution in [0.5, 0.6) is 17.2 Å². The molecule has 1 aliphatic carbocycles. The number of oxazole rings is 1. The summed E-state index contributed by atoms with van der Waals surface area (Å²) >= 11 is 0. The Kier molecular flexibility index (Phi) is 7.50. The van der Waals surface area contributed by atoms with Gasteiger partial charge >= 0.3 is 12.1 Å². The van der Waals surface area contributed by atoms with E-state index >= 15 is 0 Å². The summed E-state index contributed by atoms with van der Waals surface area (Å²) in [6.07, 6.45) is 4.00. The van der Waals surface area contributed by atoms with Gasteiger partial charge in [-0.2, -0.15) is 0 Å². The molecule has 0 bridgehead atoms. The highest BCUT2D eigenvalue weighted by Crippen LogP contribution is 2.45. The van der Waals surface area contributed by atoms with E-state index in [0.29, 0.717) is 29.6 Å². The molecule has 0 spiro atoms. The molecule has 33 heavy (non-hydrogen) atoms. The molecule has 2 aromatic rings. The molecule has 1 N–H and O–H groups in total. The van der Waals surface area contributed by atoms with Gasteiger partial charge in [0.2, 0.25) is 5.75 Å². The van der Waals surface area contributed by atoms with Crippen molar-refractivity contribution in [3.05, 3.63) is 36.0 Å². The lowest BCUT2D eigenvalue weighted by Crippen LogP contribution is -2.37. The van der Waals surface area contributed by atoms with Crippen molar-refractivity contribution in [2.75, 3.05) is 13.7 Å². The predicted octanol–water partition coefficient (Wildman–Crippen LogP) is 4.91. The zero-order valence-electron chi connectivity index (χ0n) is 20.0. The molecule has 0 radical (unpaired) electrons. The smallest absolute Gasteiger partial charge is 0.408 e. The fraction of sp³-hybridized carbons (Fsp3) is 0.542. The SMILES string of the molecule is COc1c([C@@H](NC(=O)OC(C)(C)C)C(C)C)ccc(OC(=O)c2cocn2)c1OCC1CC1. The van der Waals surface area contributed by atoms with Gasteiger partial charge in [-0.3, -0.25) is 0 Å². The van der Waals surface area contributed by atoms with Crippen LogP contribution in [0.25, 0.3) is 0 Å². The van der Waals surface area contributed by atoms with E-state index in [2.05, 4.69) is 10.3 Å². The van der Waals surface area contributed by atoms with Gasteiger partial charge in [0.15, 0.2) is 23.6 Å². The Bertz CT molecular complexity index is 960. The number of aromatic nitrogens is 1. The van der Waals surface area contributed by atoms with Crippen LogP contribution < -0.4 is 19.5 Å². The second-order valence-corrected chi connectivity index (χ2v) is 9.40.